The van der Waals surface area contributed by atoms with Gasteiger partial charge in [-0.3, -0.25) is 4.79 Å². The summed E-state index contributed by atoms with van der Waals surface area (Å²) in [6.45, 7) is 4.49. The van der Waals surface area contributed by atoms with Crippen molar-refractivity contribution in [3.05, 3.63) is 12.2 Å². The molecule has 0 aromatic carbocycles. The lowest BCUT2D eigenvalue weighted by atomic mass is 9.77. The fraction of sp³-hybridized carbons (Fsp3) is 0.824. The first-order chi connectivity index (χ1) is 8.77. The van der Waals surface area contributed by atoms with Crippen LogP contribution >= 0.6 is 0 Å². The molecule has 18 heavy (non-hydrogen) atoms. The van der Waals surface area contributed by atoms with Gasteiger partial charge in [-0.2, -0.15) is 0 Å². The number of rotatable bonds is 5. The molecule has 3 aliphatic rings. The molecule has 3 rings (SSSR count). The molecule has 0 saturated heterocycles. The number of hydrogen-bond acceptors (Lipinski definition) is 1. The minimum atomic E-state index is 0.404. The van der Waals surface area contributed by atoms with Crippen molar-refractivity contribution < 1.29 is 4.79 Å². The van der Waals surface area contributed by atoms with Crippen molar-refractivity contribution >= 4 is 5.78 Å². The maximum atomic E-state index is 12.7. The van der Waals surface area contributed by atoms with Gasteiger partial charge >= 0.3 is 0 Å². The number of fused-ring (bicyclic) bond motifs is 5. The van der Waals surface area contributed by atoms with Gasteiger partial charge in [0.15, 0.2) is 0 Å². The Labute approximate surface area is 111 Å². The van der Waals surface area contributed by atoms with Crippen molar-refractivity contribution in [1.29, 1.82) is 0 Å². The third-order valence-corrected chi connectivity index (χ3v) is 5.72. The van der Waals surface area contributed by atoms with Crippen LogP contribution in [0.4, 0.5) is 0 Å². The first kappa shape index (κ1) is 12.4. The zero-order valence-corrected chi connectivity index (χ0v) is 11.8. The van der Waals surface area contributed by atoms with Gasteiger partial charge in [0.25, 0.3) is 0 Å². The minimum Gasteiger partial charge on any atom is -0.299 e. The summed E-state index contributed by atoms with van der Waals surface area (Å²) in [6.07, 6.45) is 12.2. The molecule has 0 heterocycles. The Kier molecular flexibility index (Phi) is 3.34. The average molecular weight is 246 g/mol. The van der Waals surface area contributed by atoms with Gasteiger partial charge in [0.2, 0.25) is 0 Å². The molecule has 0 aliphatic heterocycles. The molecule has 0 spiro atoms. The van der Waals surface area contributed by atoms with Crippen LogP contribution in [0.2, 0.25) is 0 Å². The number of allylic oxidation sites excluding steroid dienone is 2. The third-order valence-electron chi connectivity index (χ3n) is 5.72. The van der Waals surface area contributed by atoms with Gasteiger partial charge in [-0.1, -0.05) is 45.3 Å². The molecule has 2 bridgehead atoms. The number of Topliss-reactive ketones (excluding diaryl/α,β-unsaturated/α-hetero) is 1. The number of unbranched alkanes of at least 4 members (excludes halogenated alkanes) is 1. The molecule has 0 radical (unpaired) electrons. The molecule has 100 valence electrons. The Morgan fingerprint density at radius 3 is 2.61 bits per heavy atom. The van der Waals surface area contributed by atoms with Gasteiger partial charge in [-0.15, -0.1) is 0 Å². The molecular formula is C17H26O. The lowest BCUT2D eigenvalue weighted by Gasteiger charge is -2.27. The normalized spacial score (nSPS) is 44.9. The quantitative estimate of drug-likeness (QED) is 0.663. The molecule has 6 atom stereocenters. The summed E-state index contributed by atoms with van der Waals surface area (Å²) in [6, 6.07) is 0. The van der Waals surface area contributed by atoms with Gasteiger partial charge < -0.3 is 0 Å². The second-order valence-corrected chi connectivity index (χ2v) is 6.66. The number of carbonyl (C=O) groups is 1. The predicted molar refractivity (Wildman–Crippen MR) is 74.1 cm³/mol. The maximum Gasteiger partial charge on any atom is 0.140 e. The van der Waals surface area contributed by atoms with E-state index in [0.29, 0.717) is 29.5 Å². The molecular weight excluding hydrogens is 220 g/mol. The molecule has 1 nitrogen and oxygen atoms in total. The standard InChI is InChI=1S/C17H26O/c1-3-5-7-13-14(6-4-2)17(18)16-12-9-8-11(10-12)15(13)16/h8-9,11-16H,3-7,10H2,1-2H3/t11-,12+,13+,14+,15-,16-/m1/s1. The van der Waals surface area contributed by atoms with Crippen LogP contribution in [0.3, 0.4) is 0 Å². The Hall–Kier alpha value is -0.590. The second-order valence-electron chi connectivity index (χ2n) is 6.66. The van der Waals surface area contributed by atoms with E-state index in [1.54, 1.807) is 0 Å². The topological polar surface area (TPSA) is 17.1 Å². The van der Waals surface area contributed by atoms with Crippen LogP contribution in [0, 0.1) is 35.5 Å². The van der Waals surface area contributed by atoms with E-state index in [9.17, 15) is 4.79 Å². The fourth-order valence-electron chi connectivity index (χ4n) is 5.07. The van der Waals surface area contributed by atoms with E-state index in [-0.39, 0.29) is 0 Å². The van der Waals surface area contributed by atoms with Crippen molar-refractivity contribution in [3.8, 4) is 0 Å². The van der Waals surface area contributed by atoms with E-state index in [0.717, 1.165) is 18.3 Å². The van der Waals surface area contributed by atoms with Crippen molar-refractivity contribution in [3.63, 3.8) is 0 Å². The maximum absolute atomic E-state index is 12.7. The summed E-state index contributed by atoms with van der Waals surface area (Å²) in [5, 5.41) is 0. The zero-order valence-electron chi connectivity index (χ0n) is 11.8. The lowest BCUT2D eigenvalue weighted by molar-refractivity contribution is -0.125. The Bertz CT molecular complexity index is 357. The van der Waals surface area contributed by atoms with Crippen LogP contribution in [0.5, 0.6) is 0 Å². The van der Waals surface area contributed by atoms with Crippen molar-refractivity contribution in [1.82, 2.24) is 0 Å². The van der Waals surface area contributed by atoms with Crippen LogP contribution in [-0.4, -0.2) is 5.78 Å². The van der Waals surface area contributed by atoms with Gasteiger partial charge in [0.05, 0.1) is 0 Å². The average Bonchev–Trinajstić information content (AvgIpc) is 3.03. The summed E-state index contributed by atoms with van der Waals surface area (Å²) >= 11 is 0. The summed E-state index contributed by atoms with van der Waals surface area (Å²) in [5.41, 5.74) is 0. The van der Waals surface area contributed by atoms with E-state index < -0.39 is 0 Å². The summed E-state index contributed by atoms with van der Waals surface area (Å²) < 4.78 is 0. The second kappa shape index (κ2) is 4.83. The molecule has 0 amide bonds. The first-order valence-electron chi connectivity index (χ1n) is 8.00. The monoisotopic (exact) mass is 246 g/mol. The van der Waals surface area contributed by atoms with Crippen LogP contribution in [0.25, 0.3) is 0 Å². The SMILES string of the molecule is CCCC[C@@H]1[C@@H]2[C@H](C(=O)[C@H]1CCC)[C@H]1C=C[C@@H]2C1. The highest BCUT2D eigenvalue weighted by atomic mass is 16.1. The first-order valence-corrected chi connectivity index (χ1v) is 8.00. The van der Waals surface area contributed by atoms with Gasteiger partial charge in [0, 0.05) is 11.8 Å². The molecule has 0 unspecified atom stereocenters. The highest BCUT2D eigenvalue weighted by Gasteiger charge is 2.58. The van der Waals surface area contributed by atoms with E-state index in [2.05, 4.69) is 26.0 Å². The van der Waals surface area contributed by atoms with Crippen LogP contribution in [0.1, 0.15) is 52.4 Å². The Morgan fingerprint density at radius 2 is 1.89 bits per heavy atom. The molecule has 1 heteroatoms. The zero-order chi connectivity index (χ0) is 12.7. The van der Waals surface area contributed by atoms with Crippen molar-refractivity contribution in [2.75, 3.05) is 0 Å². The summed E-state index contributed by atoms with van der Waals surface area (Å²) in [7, 11) is 0. The van der Waals surface area contributed by atoms with Crippen molar-refractivity contribution in [2.45, 2.75) is 52.4 Å². The minimum absolute atomic E-state index is 0.404. The molecule has 0 aromatic heterocycles. The Morgan fingerprint density at radius 1 is 1.11 bits per heavy atom. The fourth-order valence-corrected chi connectivity index (χ4v) is 5.07. The molecule has 0 aromatic rings. The smallest absolute Gasteiger partial charge is 0.140 e. The van der Waals surface area contributed by atoms with Crippen molar-refractivity contribution in [2.24, 2.45) is 35.5 Å². The van der Waals surface area contributed by atoms with E-state index in [4.69, 9.17) is 0 Å². The number of ketones is 1. The molecule has 3 aliphatic carbocycles. The lowest BCUT2D eigenvalue weighted by Crippen LogP contribution is -2.21. The molecule has 2 saturated carbocycles. The van der Waals surface area contributed by atoms with E-state index in [1.807, 2.05) is 0 Å². The number of hydrogen-bond donors (Lipinski definition) is 0. The molecule has 0 N–H and O–H groups in total. The van der Waals surface area contributed by atoms with Gasteiger partial charge in [-0.25, -0.2) is 0 Å². The van der Waals surface area contributed by atoms with E-state index in [1.165, 1.54) is 32.1 Å². The highest BCUT2D eigenvalue weighted by molar-refractivity contribution is 5.87. The van der Waals surface area contributed by atoms with Crippen LogP contribution in [0.15, 0.2) is 12.2 Å². The predicted octanol–water partition coefficient (Wildman–Crippen LogP) is 4.23. The molecule has 2 fully saturated rings. The van der Waals surface area contributed by atoms with Gasteiger partial charge in [0.1, 0.15) is 5.78 Å². The highest BCUT2D eigenvalue weighted by Crippen LogP contribution is 2.59. The Balaban J connectivity index is 1.83. The number of carbonyl (C=O) groups excluding carboxylic acids is 1. The van der Waals surface area contributed by atoms with E-state index >= 15 is 0 Å². The largest absolute Gasteiger partial charge is 0.299 e. The third kappa shape index (κ3) is 1.70. The summed E-state index contributed by atoms with van der Waals surface area (Å²) in [5.74, 6) is 4.24. The summed E-state index contributed by atoms with van der Waals surface area (Å²) in [4.78, 5) is 12.7. The van der Waals surface area contributed by atoms with Crippen LogP contribution < -0.4 is 0 Å². The van der Waals surface area contributed by atoms with Gasteiger partial charge in [-0.05, 0) is 42.9 Å². The van der Waals surface area contributed by atoms with Crippen LogP contribution in [-0.2, 0) is 4.79 Å².